The summed E-state index contributed by atoms with van der Waals surface area (Å²) < 4.78 is 11.1. The van der Waals surface area contributed by atoms with E-state index in [-0.39, 0.29) is 24.1 Å². The molecule has 0 aliphatic heterocycles. The van der Waals surface area contributed by atoms with Crippen molar-refractivity contribution < 1.29 is 19.4 Å². The third kappa shape index (κ3) is 4.56. The van der Waals surface area contributed by atoms with Crippen LogP contribution in [-0.4, -0.2) is 42.9 Å². The Bertz CT molecular complexity index is 843. The van der Waals surface area contributed by atoms with Gasteiger partial charge in [0.05, 0.1) is 25.4 Å². The van der Waals surface area contributed by atoms with E-state index in [9.17, 15) is 9.90 Å². The van der Waals surface area contributed by atoms with Crippen LogP contribution in [0.25, 0.3) is 0 Å². The quantitative estimate of drug-likeness (QED) is 0.685. The maximum atomic E-state index is 12.6. The van der Waals surface area contributed by atoms with Crippen molar-refractivity contribution in [1.29, 1.82) is 0 Å². The lowest BCUT2D eigenvalue weighted by Crippen LogP contribution is -2.35. The van der Waals surface area contributed by atoms with E-state index in [1.54, 1.807) is 18.2 Å². The zero-order valence-corrected chi connectivity index (χ0v) is 17.9. The number of aliphatic hydroxyl groups is 1. The summed E-state index contributed by atoms with van der Waals surface area (Å²) in [4.78, 5) is 18.9. The summed E-state index contributed by atoms with van der Waals surface area (Å²) in [6, 6.07) is 5.23. The normalized spacial score (nSPS) is 11.9. The minimum Gasteiger partial charge on any atom is -0.465 e. The maximum absolute atomic E-state index is 12.6. The van der Waals surface area contributed by atoms with Crippen molar-refractivity contribution in [3.05, 3.63) is 45.6 Å². The van der Waals surface area contributed by atoms with Gasteiger partial charge in [0.1, 0.15) is 11.3 Å². The van der Waals surface area contributed by atoms with Crippen molar-refractivity contribution in [3.8, 4) is 11.6 Å². The number of nitrogens with zero attached hydrogens (tertiary/aromatic N) is 2. The molecule has 1 aromatic heterocycles. The molecule has 1 unspecified atom stereocenters. The summed E-state index contributed by atoms with van der Waals surface area (Å²) in [7, 11) is 3.14. The number of likely N-dealkylation sites (N-methyl/N-ethyl adjacent to an activating group) is 1. The van der Waals surface area contributed by atoms with Crippen LogP contribution in [0.2, 0.25) is 5.02 Å². The molecular weight excluding hydrogens is 380 g/mol. The second kappa shape index (κ2) is 9.26. The van der Waals surface area contributed by atoms with Crippen LogP contribution in [0, 0.1) is 20.8 Å². The van der Waals surface area contributed by atoms with E-state index in [1.807, 2.05) is 39.6 Å². The molecule has 0 saturated heterocycles. The Morgan fingerprint density at radius 2 is 1.86 bits per heavy atom. The highest BCUT2D eigenvalue weighted by Gasteiger charge is 2.27. The number of anilines is 1. The smallest absolute Gasteiger partial charge is 0.345 e. The number of aliphatic hydroxyl groups excluding tert-OH is 1. The van der Waals surface area contributed by atoms with Crippen LogP contribution in [0.3, 0.4) is 0 Å². The SMILES string of the molecule is CCC(CO)N(C)c1cc(C)nc(Oc2c(C)cc(Cl)cc2C)c1C(=O)OC. The summed E-state index contributed by atoms with van der Waals surface area (Å²) in [5, 5.41) is 10.3. The third-order valence-corrected chi connectivity index (χ3v) is 4.93. The molecule has 0 spiro atoms. The first-order valence-corrected chi connectivity index (χ1v) is 9.49. The van der Waals surface area contributed by atoms with Gasteiger partial charge in [-0.2, -0.15) is 0 Å². The Kier molecular flexibility index (Phi) is 7.27. The van der Waals surface area contributed by atoms with E-state index >= 15 is 0 Å². The van der Waals surface area contributed by atoms with E-state index in [1.165, 1.54) is 7.11 Å². The topological polar surface area (TPSA) is 71.9 Å². The fraction of sp³-hybridized carbons (Fsp3) is 0.429. The number of hydrogen-bond donors (Lipinski definition) is 1. The first-order chi connectivity index (χ1) is 13.2. The van der Waals surface area contributed by atoms with Crippen LogP contribution in [0.15, 0.2) is 18.2 Å². The molecule has 0 fully saturated rings. The monoisotopic (exact) mass is 406 g/mol. The van der Waals surface area contributed by atoms with Gasteiger partial charge in [0, 0.05) is 17.8 Å². The number of hydrogen-bond acceptors (Lipinski definition) is 6. The fourth-order valence-electron chi connectivity index (χ4n) is 3.15. The van der Waals surface area contributed by atoms with Crippen LogP contribution in [0.1, 0.15) is 40.5 Å². The molecule has 0 aliphatic carbocycles. The molecule has 2 rings (SSSR count). The number of aryl methyl sites for hydroxylation is 3. The maximum Gasteiger partial charge on any atom is 0.345 e. The van der Waals surface area contributed by atoms with Gasteiger partial charge in [-0.05, 0) is 56.5 Å². The molecule has 152 valence electrons. The van der Waals surface area contributed by atoms with Gasteiger partial charge >= 0.3 is 5.97 Å². The Hall–Kier alpha value is -2.31. The Morgan fingerprint density at radius 1 is 1.25 bits per heavy atom. The summed E-state index contributed by atoms with van der Waals surface area (Å²) >= 11 is 6.11. The van der Waals surface area contributed by atoms with Gasteiger partial charge in [-0.3, -0.25) is 0 Å². The van der Waals surface area contributed by atoms with Gasteiger partial charge in [0.15, 0.2) is 0 Å². The van der Waals surface area contributed by atoms with Crippen LogP contribution < -0.4 is 9.64 Å². The molecule has 28 heavy (non-hydrogen) atoms. The number of methoxy groups -OCH3 is 1. The summed E-state index contributed by atoms with van der Waals surface area (Å²) in [5.74, 6) is 0.201. The van der Waals surface area contributed by atoms with Gasteiger partial charge in [-0.15, -0.1) is 0 Å². The van der Waals surface area contributed by atoms with E-state index in [4.69, 9.17) is 21.1 Å². The number of esters is 1. The average Bonchev–Trinajstić information content (AvgIpc) is 2.64. The standard InChI is InChI=1S/C21H27ClN2O4/c1-7-16(11-25)24(5)17-10-14(4)23-20(18(17)21(26)27-6)28-19-12(2)8-15(22)9-13(19)3/h8-10,16,25H,7,11H2,1-6H3. The predicted molar refractivity (Wildman–Crippen MR) is 111 cm³/mol. The summed E-state index contributed by atoms with van der Waals surface area (Å²) in [6.07, 6.45) is 0.709. The van der Waals surface area contributed by atoms with Crippen molar-refractivity contribution in [2.45, 2.75) is 40.2 Å². The van der Waals surface area contributed by atoms with Crippen molar-refractivity contribution >= 4 is 23.3 Å². The highest BCUT2D eigenvalue weighted by molar-refractivity contribution is 6.30. The lowest BCUT2D eigenvalue weighted by molar-refractivity contribution is 0.0597. The molecule has 0 amide bonds. The van der Waals surface area contributed by atoms with E-state index < -0.39 is 5.97 Å². The molecule has 2 aromatic rings. The zero-order valence-electron chi connectivity index (χ0n) is 17.2. The third-order valence-electron chi connectivity index (χ3n) is 4.72. The highest BCUT2D eigenvalue weighted by atomic mass is 35.5. The molecular formula is C21H27ClN2O4. The zero-order chi connectivity index (χ0) is 21.0. The van der Waals surface area contributed by atoms with Gasteiger partial charge < -0.3 is 19.5 Å². The Morgan fingerprint density at radius 3 is 2.36 bits per heavy atom. The van der Waals surface area contributed by atoms with E-state index in [0.29, 0.717) is 28.6 Å². The summed E-state index contributed by atoms with van der Waals surface area (Å²) in [6.45, 7) is 7.52. The number of ether oxygens (including phenoxy) is 2. The molecule has 0 aliphatic rings. The fourth-order valence-corrected chi connectivity index (χ4v) is 3.48. The van der Waals surface area contributed by atoms with Gasteiger partial charge in [0.25, 0.3) is 0 Å². The van der Waals surface area contributed by atoms with Crippen molar-refractivity contribution in [2.24, 2.45) is 0 Å². The van der Waals surface area contributed by atoms with Crippen molar-refractivity contribution in [3.63, 3.8) is 0 Å². The number of benzene rings is 1. The Balaban J connectivity index is 2.66. The molecule has 1 atom stereocenters. The minimum absolute atomic E-state index is 0.0411. The number of pyridine rings is 1. The van der Waals surface area contributed by atoms with Crippen LogP contribution in [-0.2, 0) is 4.74 Å². The van der Waals surface area contributed by atoms with Gasteiger partial charge in [-0.25, -0.2) is 9.78 Å². The first kappa shape index (κ1) is 22.0. The first-order valence-electron chi connectivity index (χ1n) is 9.11. The van der Waals surface area contributed by atoms with Crippen LogP contribution in [0.5, 0.6) is 11.6 Å². The molecule has 1 aromatic carbocycles. The number of aromatic nitrogens is 1. The molecule has 6 nitrogen and oxygen atoms in total. The molecule has 1 N–H and O–H groups in total. The van der Waals surface area contributed by atoms with Crippen molar-refractivity contribution in [1.82, 2.24) is 4.98 Å². The van der Waals surface area contributed by atoms with E-state index in [2.05, 4.69) is 4.98 Å². The van der Waals surface area contributed by atoms with Gasteiger partial charge in [-0.1, -0.05) is 18.5 Å². The minimum atomic E-state index is -0.554. The largest absolute Gasteiger partial charge is 0.465 e. The molecule has 0 saturated carbocycles. The van der Waals surface area contributed by atoms with Crippen molar-refractivity contribution in [2.75, 3.05) is 25.7 Å². The second-order valence-corrected chi connectivity index (χ2v) is 7.22. The Labute approximate surface area is 171 Å². The van der Waals surface area contributed by atoms with Crippen LogP contribution in [0.4, 0.5) is 5.69 Å². The van der Waals surface area contributed by atoms with E-state index in [0.717, 1.165) is 11.1 Å². The molecule has 1 heterocycles. The number of carbonyl (C=O) groups excluding carboxylic acids is 1. The number of rotatable bonds is 7. The average molecular weight is 407 g/mol. The van der Waals surface area contributed by atoms with Crippen LogP contribution >= 0.6 is 11.6 Å². The molecule has 0 radical (unpaired) electrons. The predicted octanol–water partition coefficient (Wildman–Crippen LogP) is 4.45. The molecule has 7 heteroatoms. The second-order valence-electron chi connectivity index (χ2n) is 6.78. The lowest BCUT2D eigenvalue weighted by atomic mass is 10.1. The highest BCUT2D eigenvalue weighted by Crippen LogP contribution is 2.36. The number of halogens is 1. The van der Waals surface area contributed by atoms with Gasteiger partial charge in [0.2, 0.25) is 5.88 Å². The lowest BCUT2D eigenvalue weighted by Gasteiger charge is -2.30. The summed E-state index contributed by atoms with van der Waals surface area (Å²) in [5.41, 5.74) is 3.17. The number of carbonyl (C=O) groups is 1. The molecule has 0 bridgehead atoms.